The van der Waals surface area contributed by atoms with Crippen molar-refractivity contribution in [1.82, 2.24) is 19.6 Å². The van der Waals surface area contributed by atoms with Gasteiger partial charge in [-0.25, -0.2) is 4.68 Å². The van der Waals surface area contributed by atoms with Gasteiger partial charge in [0.05, 0.1) is 23.1 Å². The smallest absolute Gasteiger partial charge is 0.257 e. The molecule has 2 amide bonds. The first-order valence-corrected chi connectivity index (χ1v) is 11.8. The topological polar surface area (TPSA) is 58.4 Å². The van der Waals surface area contributed by atoms with Gasteiger partial charge in [-0.2, -0.15) is 5.10 Å². The molecule has 3 heterocycles. The van der Waals surface area contributed by atoms with E-state index in [-0.39, 0.29) is 23.7 Å². The van der Waals surface area contributed by atoms with Gasteiger partial charge in [0.25, 0.3) is 5.91 Å². The first-order valence-electron chi connectivity index (χ1n) is 11.4. The van der Waals surface area contributed by atoms with Gasteiger partial charge in [0, 0.05) is 37.1 Å². The number of nitrogens with zero attached hydrogens (tertiary/aromatic N) is 4. The summed E-state index contributed by atoms with van der Waals surface area (Å²) in [5.74, 6) is 0.469. The van der Waals surface area contributed by atoms with Crippen molar-refractivity contribution in [1.29, 1.82) is 0 Å². The third-order valence-electron chi connectivity index (χ3n) is 6.45. The predicted molar refractivity (Wildman–Crippen MR) is 122 cm³/mol. The largest absolute Gasteiger partial charge is 0.342 e. The number of hydrogen-bond acceptors (Lipinski definition) is 3. The third-order valence-corrected chi connectivity index (χ3v) is 6.71. The number of benzene rings is 1. The molecule has 2 aliphatic heterocycles. The van der Waals surface area contributed by atoms with Crippen molar-refractivity contribution in [3.05, 3.63) is 46.7 Å². The van der Waals surface area contributed by atoms with E-state index >= 15 is 0 Å². The number of amides is 2. The molecule has 0 bridgehead atoms. The minimum Gasteiger partial charge on any atom is -0.342 e. The monoisotopic (exact) mass is 442 g/mol. The molecule has 2 fully saturated rings. The van der Waals surface area contributed by atoms with E-state index in [9.17, 15) is 9.59 Å². The lowest BCUT2D eigenvalue weighted by atomic mass is 9.93. The van der Waals surface area contributed by atoms with E-state index in [4.69, 9.17) is 11.6 Å². The fourth-order valence-corrected chi connectivity index (χ4v) is 4.86. The Hall–Kier alpha value is -2.34. The van der Waals surface area contributed by atoms with Gasteiger partial charge in [0.2, 0.25) is 5.91 Å². The standard InChI is InChI=1S/C24H31ClN4O2/c1-17(2)22-21(16-26-29(22)20-8-6-19(25)7-9-20)24(31)28-14-10-18(11-15-28)23(30)27-12-4-3-5-13-27/h6-9,16-18H,3-5,10-15H2,1-2H3. The summed E-state index contributed by atoms with van der Waals surface area (Å²) in [6, 6.07) is 7.48. The van der Waals surface area contributed by atoms with Gasteiger partial charge >= 0.3 is 0 Å². The summed E-state index contributed by atoms with van der Waals surface area (Å²) in [7, 11) is 0. The quantitative estimate of drug-likeness (QED) is 0.699. The molecule has 2 aromatic rings. The highest BCUT2D eigenvalue weighted by atomic mass is 35.5. The molecule has 2 saturated heterocycles. The molecule has 6 nitrogen and oxygen atoms in total. The van der Waals surface area contributed by atoms with Crippen LogP contribution < -0.4 is 0 Å². The molecule has 1 aromatic heterocycles. The Bertz CT molecular complexity index is 924. The average molecular weight is 443 g/mol. The number of carbonyl (C=O) groups is 2. The summed E-state index contributed by atoms with van der Waals surface area (Å²) in [5, 5.41) is 5.19. The molecular formula is C24H31ClN4O2. The summed E-state index contributed by atoms with van der Waals surface area (Å²) < 4.78 is 1.83. The van der Waals surface area contributed by atoms with Crippen molar-refractivity contribution in [3.63, 3.8) is 0 Å². The zero-order valence-corrected chi connectivity index (χ0v) is 19.1. The highest BCUT2D eigenvalue weighted by Crippen LogP contribution is 2.27. The molecule has 0 spiro atoms. The van der Waals surface area contributed by atoms with E-state index < -0.39 is 0 Å². The molecule has 4 rings (SSSR count). The van der Waals surface area contributed by atoms with Crippen LogP contribution in [-0.4, -0.2) is 57.6 Å². The lowest BCUT2D eigenvalue weighted by Gasteiger charge is -2.35. The van der Waals surface area contributed by atoms with Gasteiger partial charge in [-0.05, 0) is 62.3 Å². The minimum absolute atomic E-state index is 0.00721. The summed E-state index contributed by atoms with van der Waals surface area (Å²) in [5.41, 5.74) is 2.43. The Morgan fingerprint density at radius 2 is 1.61 bits per heavy atom. The zero-order valence-electron chi connectivity index (χ0n) is 18.4. The van der Waals surface area contributed by atoms with Crippen LogP contribution >= 0.6 is 11.6 Å². The van der Waals surface area contributed by atoms with Crippen molar-refractivity contribution in [3.8, 4) is 5.69 Å². The average Bonchev–Trinajstić information content (AvgIpc) is 3.25. The third kappa shape index (κ3) is 4.64. The van der Waals surface area contributed by atoms with E-state index in [0.717, 1.165) is 50.2 Å². The van der Waals surface area contributed by atoms with Crippen LogP contribution in [0.4, 0.5) is 0 Å². The summed E-state index contributed by atoms with van der Waals surface area (Å²) in [6.45, 7) is 7.16. The van der Waals surface area contributed by atoms with Crippen LogP contribution in [0.3, 0.4) is 0 Å². The second-order valence-electron chi connectivity index (χ2n) is 8.94. The fraction of sp³-hybridized carbons (Fsp3) is 0.542. The number of likely N-dealkylation sites (tertiary alicyclic amines) is 2. The van der Waals surface area contributed by atoms with Gasteiger partial charge in [0.1, 0.15) is 0 Å². The fourth-order valence-electron chi connectivity index (χ4n) is 4.74. The van der Waals surface area contributed by atoms with Gasteiger partial charge in [-0.15, -0.1) is 0 Å². The Labute approximate surface area is 189 Å². The summed E-state index contributed by atoms with van der Waals surface area (Å²) in [6.07, 6.45) is 6.60. The number of aromatic nitrogens is 2. The van der Waals surface area contributed by atoms with Crippen molar-refractivity contribution in [2.75, 3.05) is 26.2 Å². The van der Waals surface area contributed by atoms with Crippen molar-refractivity contribution in [2.24, 2.45) is 5.92 Å². The molecular weight excluding hydrogens is 412 g/mol. The maximum atomic E-state index is 13.4. The van der Waals surface area contributed by atoms with E-state index in [0.29, 0.717) is 23.7 Å². The van der Waals surface area contributed by atoms with Crippen molar-refractivity contribution in [2.45, 2.75) is 51.9 Å². The Morgan fingerprint density at radius 1 is 0.968 bits per heavy atom. The highest BCUT2D eigenvalue weighted by Gasteiger charge is 2.32. The van der Waals surface area contributed by atoms with Gasteiger partial charge in [-0.3, -0.25) is 9.59 Å². The second-order valence-corrected chi connectivity index (χ2v) is 9.38. The maximum absolute atomic E-state index is 13.4. The van der Waals surface area contributed by atoms with Crippen LogP contribution in [0.1, 0.15) is 67.9 Å². The molecule has 0 radical (unpaired) electrons. The molecule has 0 aliphatic carbocycles. The van der Waals surface area contributed by atoms with E-state index in [1.165, 1.54) is 6.42 Å². The Balaban J connectivity index is 1.46. The Morgan fingerprint density at radius 3 is 2.23 bits per heavy atom. The van der Waals surface area contributed by atoms with Crippen LogP contribution in [0, 0.1) is 5.92 Å². The molecule has 0 atom stereocenters. The van der Waals surface area contributed by atoms with Crippen LogP contribution in [0.25, 0.3) is 5.69 Å². The highest BCUT2D eigenvalue weighted by molar-refractivity contribution is 6.30. The lowest BCUT2D eigenvalue weighted by molar-refractivity contribution is -0.137. The number of hydrogen-bond donors (Lipinski definition) is 0. The number of piperidine rings is 2. The lowest BCUT2D eigenvalue weighted by Crippen LogP contribution is -2.45. The first-order chi connectivity index (χ1) is 15.0. The number of rotatable bonds is 4. The molecule has 7 heteroatoms. The summed E-state index contributed by atoms with van der Waals surface area (Å²) >= 11 is 6.02. The van der Waals surface area contributed by atoms with E-state index in [2.05, 4.69) is 18.9 Å². The zero-order chi connectivity index (χ0) is 22.0. The van der Waals surface area contributed by atoms with E-state index in [1.54, 1.807) is 6.20 Å². The Kier molecular flexibility index (Phi) is 6.65. The van der Waals surface area contributed by atoms with Crippen LogP contribution in [0.5, 0.6) is 0 Å². The van der Waals surface area contributed by atoms with Gasteiger partial charge < -0.3 is 9.80 Å². The van der Waals surface area contributed by atoms with Gasteiger partial charge in [0.15, 0.2) is 0 Å². The minimum atomic E-state index is 0.00721. The second kappa shape index (κ2) is 9.43. The van der Waals surface area contributed by atoms with Crippen molar-refractivity contribution >= 4 is 23.4 Å². The number of carbonyl (C=O) groups excluding carboxylic acids is 2. The molecule has 31 heavy (non-hydrogen) atoms. The normalized spacial score (nSPS) is 17.9. The molecule has 0 saturated carbocycles. The van der Waals surface area contributed by atoms with Gasteiger partial charge in [-0.1, -0.05) is 25.4 Å². The van der Waals surface area contributed by atoms with Crippen LogP contribution in [-0.2, 0) is 4.79 Å². The maximum Gasteiger partial charge on any atom is 0.257 e. The molecule has 0 unspecified atom stereocenters. The first kappa shape index (κ1) is 21.9. The van der Waals surface area contributed by atoms with E-state index in [1.807, 2.05) is 38.7 Å². The molecule has 2 aliphatic rings. The molecule has 0 N–H and O–H groups in total. The summed E-state index contributed by atoms with van der Waals surface area (Å²) in [4.78, 5) is 30.1. The molecule has 166 valence electrons. The number of halogens is 1. The van der Waals surface area contributed by atoms with Crippen molar-refractivity contribution < 1.29 is 9.59 Å². The molecule has 1 aromatic carbocycles. The predicted octanol–water partition coefficient (Wildman–Crippen LogP) is 4.51. The SMILES string of the molecule is CC(C)c1c(C(=O)N2CCC(C(=O)N3CCCCC3)CC2)cnn1-c1ccc(Cl)cc1. The van der Waals surface area contributed by atoms with Crippen LogP contribution in [0.2, 0.25) is 5.02 Å². The van der Waals surface area contributed by atoms with Crippen LogP contribution in [0.15, 0.2) is 30.5 Å².